The Hall–Kier alpha value is -1.68. The number of aryl methyl sites for hydroxylation is 1. The second kappa shape index (κ2) is 6.83. The molecule has 23 heavy (non-hydrogen) atoms. The van der Waals surface area contributed by atoms with E-state index in [4.69, 9.17) is 4.74 Å². The molecular formula is C19H27NO3. The summed E-state index contributed by atoms with van der Waals surface area (Å²) in [6.07, 6.45) is 2.10. The van der Waals surface area contributed by atoms with Crippen LogP contribution < -0.4 is 4.90 Å². The fourth-order valence-electron chi connectivity index (χ4n) is 3.33. The number of hydrogen-bond donors (Lipinski definition) is 0. The van der Waals surface area contributed by atoms with Gasteiger partial charge < -0.3 is 9.64 Å². The van der Waals surface area contributed by atoms with Crippen molar-refractivity contribution in [1.29, 1.82) is 0 Å². The summed E-state index contributed by atoms with van der Waals surface area (Å²) in [6, 6.07) is 4.05. The van der Waals surface area contributed by atoms with Crippen LogP contribution in [0.25, 0.3) is 0 Å². The van der Waals surface area contributed by atoms with Crippen molar-refractivity contribution in [1.82, 2.24) is 0 Å². The lowest BCUT2D eigenvalue weighted by atomic mass is 9.75. The number of carbonyl (C=O) groups is 2. The third-order valence-electron chi connectivity index (χ3n) is 4.63. The lowest BCUT2D eigenvalue weighted by Gasteiger charge is -2.39. The van der Waals surface area contributed by atoms with E-state index in [2.05, 4.69) is 26.8 Å². The van der Waals surface area contributed by atoms with E-state index in [0.717, 1.165) is 35.2 Å². The Morgan fingerprint density at radius 3 is 2.61 bits per heavy atom. The van der Waals surface area contributed by atoms with E-state index in [0.29, 0.717) is 19.6 Å². The summed E-state index contributed by atoms with van der Waals surface area (Å²) < 4.78 is 5.10. The van der Waals surface area contributed by atoms with Crippen LogP contribution in [-0.4, -0.2) is 32.0 Å². The molecule has 0 atom stereocenters. The minimum Gasteiger partial charge on any atom is -0.385 e. The predicted octanol–water partition coefficient (Wildman–Crippen LogP) is 3.50. The van der Waals surface area contributed by atoms with Crippen LogP contribution in [0.4, 0.5) is 5.69 Å². The summed E-state index contributed by atoms with van der Waals surface area (Å²) in [4.78, 5) is 26.4. The van der Waals surface area contributed by atoms with Gasteiger partial charge in [0.15, 0.2) is 5.78 Å². The Bertz CT molecular complexity index is 619. The van der Waals surface area contributed by atoms with Gasteiger partial charge >= 0.3 is 0 Å². The normalized spacial score (nSPS) is 16.4. The molecule has 0 aromatic heterocycles. The molecule has 0 saturated heterocycles. The number of methoxy groups -OCH3 is 1. The monoisotopic (exact) mass is 317 g/mol. The molecule has 1 amide bonds. The van der Waals surface area contributed by atoms with Gasteiger partial charge in [0.25, 0.3) is 0 Å². The van der Waals surface area contributed by atoms with Crippen LogP contribution in [0.3, 0.4) is 0 Å². The van der Waals surface area contributed by atoms with E-state index >= 15 is 0 Å². The summed E-state index contributed by atoms with van der Waals surface area (Å²) in [6.45, 7) is 9.09. The average Bonchev–Trinajstić information content (AvgIpc) is 2.48. The highest BCUT2D eigenvalue weighted by atomic mass is 16.5. The molecule has 0 bridgehead atoms. The van der Waals surface area contributed by atoms with Crippen LogP contribution in [0, 0.1) is 0 Å². The summed E-state index contributed by atoms with van der Waals surface area (Å²) in [5.41, 5.74) is 3.65. The molecule has 0 spiro atoms. The number of hydrogen-bond acceptors (Lipinski definition) is 3. The molecule has 1 aromatic rings. The summed E-state index contributed by atoms with van der Waals surface area (Å²) in [5.74, 6) is 0.176. The molecule has 1 aliphatic rings. The van der Waals surface area contributed by atoms with Crippen molar-refractivity contribution in [2.24, 2.45) is 0 Å². The van der Waals surface area contributed by atoms with Crippen molar-refractivity contribution in [3.63, 3.8) is 0 Å². The molecule has 1 heterocycles. The van der Waals surface area contributed by atoms with Gasteiger partial charge in [-0.1, -0.05) is 26.8 Å². The van der Waals surface area contributed by atoms with E-state index in [1.165, 1.54) is 0 Å². The summed E-state index contributed by atoms with van der Waals surface area (Å²) >= 11 is 0. The van der Waals surface area contributed by atoms with Crippen molar-refractivity contribution in [2.45, 2.75) is 52.4 Å². The minimum atomic E-state index is -0.205. The standard InChI is InChI=1S/C19H27NO3/c1-6-14-10-16-17(11-15(14)13(2)21)20(8-7-9-23-5)18(22)12-19(16,3)4/h10-11H,6-9,12H2,1-5H3. The third kappa shape index (κ3) is 3.47. The fraction of sp³-hybridized carbons (Fsp3) is 0.579. The Labute approximate surface area is 138 Å². The molecule has 0 fully saturated rings. The number of nitrogens with zero attached hydrogens (tertiary/aromatic N) is 1. The number of amides is 1. The zero-order chi connectivity index (χ0) is 17.2. The third-order valence-corrected chi connectivity index (χ3v) is 4.63. The molecule has 1 aromatic carbocycles. The number of fused-ring (bicyclic) bond motifs is 1. The van der Waals surface area contributed by atoms with E-state index in [9.17, 15) is 9.59 Å². The van der Waals surface area contributed by atoms with Gasteiger partial charge in [0.2, 0.25) is 5.91 Å². The maximum atomic E-state index is 12.6. The second-order valence-electron chi connectivity index (χ2n) is 6.89. The Balaban J connectivity index is 2.54. The highest BCUT2D eigenvalue weighted by Crippen LogP contribution is 2.42. The van der Waals surface area contributed by atoms with Crippen LogP contribution in [-0.2, 0) is 21.4 Å². The molecule has 0 aliphatic carbocycles. The molecular weight excluding hydrogens is 290 g/mol. The van der Waals surface area contributed by atoms with Crippen LogP contribution in [0.1, 0.15) is 62.0 Å². The van der Waals surface area contributed by atoms with Crippen LogP contribution >= 0.6 is 0 Å². The van der Waals surface area contributed by atoms with Crippen molar-refractivity contribution >= 4 is 17.4 Å². The molecule has 2 rings (SSSR count). The van der Waals surface area contributed by atoms with Gasteiger partial charge in [-0.2, -0.15) is 0 Å². The second-order valence-corrected chi connectivity index (χ2v) is 6.89. The first-order chi connectivity index (χ1) is 10.8. The van der Waals surface area contributed by atoms with Gasteiger partial charge in [-0.25, -0.2) is 0 Å². The Kier molecular flexibility index (Phi) is 5.25. The first kappa shape index (κ1) is 17.7. The first-order valence-corrected chi connectivity index (χ1v) is 8.29. The van der Waals surface area contributed by atoms with Gasteiger partial charge in [0, 0.05) is 43.3 Å². The SMILES string of the molecule is CCc1cc2c(cc1C(C)=O)N(CCCOC)C(=O)CC2(C)C. The van der Waals surface area contributed by atoms with Crippen molar-refractivity contribution < 1.29 is 14.3 Å². The largest absolute Gasteiger partial charge is 0.385 e. The number of anilines is 1. The summed E-state index contributed by atoms with van der Waals surface area (Å²) in [7, 11) is 1.66. The van der Waals surface area contributed by atoms with Crippen molar-refractivity contribution in [3.05, 3.63) is 28.8 Å². The zero-order valence-corrected chi connectivity index (χ0v) is 14.9. The highest BCUT2D eigenvalue weighted by Gasteiger charge is 2.37. The molecule has 0 saturated carbocycles. The number of rotatable bonds is 6. The van der Waals surface area contributed by atoms with Gasteiger partial charge in [-0.3, -0.25) is 9.59 Å². The van der Waals surface area contributed by atoms with Gasteiger partial charge in [0.05, 0.1) is 0 Å². The maximum Gasteiger partial charge on any atom is 0.227 e. The molecule has 4 nitrogen and oxygen atoms in total. The molecule has 1 aliphatic heterocycles. The molecule has 0 radical (unpaired) electrons. The topological polar surface area (TPSA) is 46.6 Å². The highest BCUT2D eigenvalue weighted by molar-refractivity contribution is 6.02. The first-order valence-electron chi connectivity index (χ1n) is 8.29. The molecule has 4 heteroatoms. The fourth-order valence-corrected chi connectivity index (χ4v) is 3.33. The van der Waals surface area contributed by atoms with Crippen molar-refractivity contribution in [2.75, 3.05) is 25.2 Å². The maximum absolute atomic E-state index is 12.6. The van der Waals surface area contributed by atoms with Gasteiger partial charge in [0.1, 0.15) is 0 Å². The minimum absolute atomic E-state index is 0.0531. The van der Waals surface area contributed by atoms with E-state index in [1.807, 2.05) is 11.0 Å². The quantitative estimate of drug-likeness (QED) is 0.596. The van der Waals surface area contributed by atoms with Crippen molar-refractivity contribution in [3.8, 4) is 0 Å². The molecule has 126 valence electrons. The molecule has 0 unspecified atom stereocenters. The lowest BCUT2D eigenvalue weighted by Crippen LogP contribution is -2.43. The number of ether oxygens (including phenoxy) is 1. The Morgan fingerprint density at radius 2 is 2.04 bits per heavy atom. The predicted molar refractivity (Wildman–Crippen MR) is 92.3 cm³/mol. The van der Waals surface area contributed by atoms with Crippen LogP contribution in [0.2, 0.25) is 0 Å². The smallest absolute Gasteiger partial charge is 0.227 e. The van der Waals surface area contributed by atoms with Gasteiger partial charge in [-0.15, -0.1) is 0 Å². The number of ketones is 1. The van der Waals surface area contributed by atoms with Gasteiger partial charge in [-0.05, 0) is 37.0 Å². The van der Waals surface area contributed by atoms with Crippen LogP contribution in [0.15, 0.2) is 12.1 Å². The van der Waals surface area contributed by atoms with Crippen LogP contribution in [0.5, 0.6) is 0 Å². The number of Topliss-reactive ketones (excluding diaryl/α,β-unsaturated/α-hetero) is 1. The zero-order valence-electron chi connectivity index (χ0n) is 14.9. The van der Waals surface area contributed by atoms with E-state index in [-0.39, 0.29) is 17.1 Å². The average molecular weight is 317 g/mol. The van der Waals surface area contributed by atoms with E-state index < -0.39 is 0 Å². The van der Waals surface area contributed by atoms with E-state index in [1.54, 1.807) is 14.0 Å². The summed E-state index contributed by atoms with van der Waals surface area (Å²) in [5, 5.41) is 0. The Morgan fingerprint density at radius 1 is 1.35 bits per heavy atom. The lowest BCUT2D eigenvalue weighted by molar-refractivity contribution is -0.120. The number of carbonyl (C=O) groups excluding carboxylic acids is 2. The molecule has 0 N–H and O–H groups in total. The number of benzene rings is 1.